The van der Waals surface area contributed by atoms with Crippen LogP contribution < -0.4 is 10.7 Å². The van der Waals surface area contributed by atoms with E-state index in [1.807, 2.05) is 48.5 Å². The Morgan fingerprint density at radius 3 is 1.30 bits per heavy atom. The van der Waals surface area contributed by atoms with E-state index in [9.17, 15) is 0 Å². The summed E-state index contributed by atoms with van der Waals surface area (Å²) in [5.41, 5.74) is 6.58. The van der Waals surface area contributed by atoms with Gasteiger partial charge in [0.1, 0.15) is 11.6 Å². The molecule has 2 nitrogen and oxygen atoms in total. The SMILES string of the molecule is CC(C)CCCC(C)CCc1ccc(-c2c3c(c(-c4ccc(CCC(C)CCCC(C)C)c(F)c4)c4c2=Nc2ccccc2S4)=Nc2ccccc2S3)cc1F. The van der Waals surface area contributed by atoms with Crippen molar-refractivity contribution in [2.24, 2.45) is 33.7 Å². The number of halogens is 2. The van der Waals surface area contributed by atoms with Gasteiger partial charge in [-0.1, -0.05) is 152 Å². The van der Waals surface area contributed by atoms with Gasteiger partial charge in [-0.3, -0.25) is 0 Å². The molecule has 2 atom stereocenters. The van der Waals surface area contributed by atoms with Crippen LogP contribution in [0.1, 0.15) is 104 Å². The summed E-state index contributed by atoms with van der Waals surface area (Å²) in [5.74, 6) is 2.16. The van der Waals surface area contributed by atoms with Crippen LogP contribution in [0.2, 0.25) is 0 Å². The normalized spacial score (nSPS) is 14.0. The van der Waals surface area contributed by atoms with E-state index in [2.05, 4.69) is 65.8 Å². The zero-order valence-electron chi connectivity index (χ0n) is 33.9. The molecule has 7 rings (SSSR count). The van der Waals surface area contributed by atoms with Crippen LogP contribution in [0.3, 0.4) is 0 Å². The Hall–Kier alpha value is -3.74. The Kier molecular flexibility index (Phi) is 13.2. The van der Waals surface area contributed by atoms with Crippen molar-refractivity contribution in [3.63, 3.8) is 0 Å². The highest BCUT2D eigenvalue weighted by molar-refractivity contribution is 8.00. The van der Waals surface area contributed by atoms with Crippen molar-refractivity contribution in [3.8, 4) is 22.3 Å². The lowest BCUT2D eigenvalue weighted by Crippen LogP contribution is -2.25. The average Bonchev–Trinajstić information content (AvgIpc) is 3.17. The number of fused-ring (bicyclic) bond motifs is 4. The Morgan fingerprint density at radius 1 is 0.500 bits per heavy atom. The summed E-state index contributed by atoms with van der Waals surface area (Å²) >= 11 is 3.30. The molecule has 6 heteroatoms. The maximum Gasteiger partial charge on any atom is 0.127 e. The molecule has 56 heavy (non-hydrogen) atoms. The van der Waals surface area contributed by atoms with Gasteiger partial charge in [-0.25, -0.2) is 18.8 Å². The molecule has 5 aromatic carbocycles. The van der Waals surface area contributed by atoms with Crippen LogP contribution in [-0.2, 0) is 12.8 Å². The van der Waals surface area contributed by atoms with Crippen molar-refractivity contribution in [3.05, 3.63) is 118 Å². The summed E-state index contributed by atoms with van der Waals surface area (Å²) in [6.07, 6.45) is 10.6. The number of hydrogen-bond donors (Lipinski definition) is 0. The zero-order chi connectivity index (χ0) is 39.3. The van der Waals surface area contributed by atoms with Gasteiger partial charge in [0.2, 0.25) is 0 Å². The molecule has 0 N–H and O–H groups in total. The second kappa shape index (κ2) is 18.2. The molecule has 0 saturated heterocycles. The second-order valence-electron chi connectivity index (χ2n) is 17.0. The minimum absolute atomic E-state index is 0.183. The van der Waals surface area contributed by atoms with Crippen molar-refractivity contribution in [2.75, 3.05) is 0 Å². The molecular weight excluding hydrogens is 731 g/mol. The quantitative estimate of drug-likeness (QED) is 0.0974. The predicted octanol–water partition coefficient (Wildman–Crippen LogP) is 14.9. The maximum absolute atomic E-state index is 16.2. The molecule has 0 amide bonds. The van der Waals surface area contributed by atoms with Gasteiger partial charge in [0, 0.05) is 30.7 Å². The first-order chi connectivity index (χ1) is 27.0. The van der Waals surface area contributed by atoms with Gasteiger partial charge in [0.05, 0.1) is 22.1 Å². The third kappa shape index (κ3) is 9.34. The van der Waals surface area contributed by atoms with Crippen molar-refractivity contribution in [1.82, 2.24) is 0 Å². The fourth-order valence-electron chi connectivity index (χ4n) is 8.01. The number of nitrogens with zero attached hydrogens (tertiary/aromatic N) is 2. The van der Waals surface area contributed by atoms with Gasteiger partial charge >= 0.3 is 0 Å². The molecule has 5 aromatic rings. The number of aryl methyl sites for hydroxylation is 2. The lowest BCUT2D eigenvalue weighted by atomic mass is 9.92. The van der Waals surface area contributed by atoms with Crippen LogP contribution in [0.4, 0.5) is 20.2 Å². The predicted molar refractivity (Wildman–Crippen MR) is 232 cm³/mol. The fraction of sp³-hybridized carbons (Fsp3) is 0.400. The summed E-state index contributed by atoms with van der Waals surface area (Å²) in [6.45, 7) is 13.7. The molecule has 2 heterocycles. The first-order valence-corrected chi connectivity index (χ1v) is 22.5. The van der Waals surface area contributed by atoms with Gasteiger partial charge in [-0.05, 0) is 108 Å². The van der Waals surface area contributed by atoms with E-state index in [0.717, 1.165) is 87.9 Å². The Balaban J connectivity index is 1.31. The van der Waals surface area contributed by atoms with Gasteiger partial charge < -0.3 is 0 Å². The van der Waals surface area contributed by atoms with Crippen molar-refractivity contribution in [1.29, 1.82) is 0 Å². The van der Waals surface area contributed by atoms with E-state index in [0.29, 0.717) is 36.5 Å². The number of rotatable bonds is 16. The van der Waals surface area contributed by atoms with Crippen LogP contribution in [0.15, 0.2) is 114 Å². The lowest BCUT2D eigenvalue weighted by Gasteiger charge is -2.24. The first kappa shape index (κ1) is 40.5. The van der Waals surface area contributed by atoms with Crippen LogP contribution in [0, 0.1) is 35.3 Å². The molecule has 0 fully saturated rings. The second-order valence-corrected chi connectivity index (χ2v) is 19.1. The largest absolute Gasteiger partial charge is 0.246 e. The van der Waals surface area contributed by atoms with Gasteiger partial charge in [-0.15, -0.1) is 0 Å². The Morgan fingerprint density at radius 2 is 0.911 bits per heavy atom. The molecule has 0 radical (unpaired) electrons. The first-order valence-electron chi connectivity index (χ1n) is 20.8. The zero-order valence-corrected chi connectivity index (χ0v) is 35.6. The Labute approximate surface area is 341 Å². The van der Waals surface area contributed by atoms with Crippen molar-refractivity contribution >= 4 is 34.9 Å². The average molecular weight is 787 g/mol. The molecule has 292 valence electrons. The number of para-hydroxylation sites is 2. The van der Waals surface area contributed by atoms with Crippen molar-refractivity contribution < 1.29 is 8.78 Å². The molecular formula is C50H56F2N2S2. The standard InChI is InChI=1S/C50H56F2N2S2/c1-31(2)13-11-15-33(5)21-23-35-25-27-37(29-39(35)51)45-47-50(56-44-20-10-7-17-41(44)53-47)46(48-49(45)55-43-19-9-8-18-42(43)54-48)38-28-26-36(40(52)30-38)24-22-34(6)16-12-14-32(3)4/h7-10,17-20,25-34H,11-16,21-24H2,1-6H3. The molecule has 2 aliphatic heterocycles. The van der Waals surface area contributed by atoms with Gasteiger partial charge in [-0.2, -0.15) is 0 Å². The molecule has 2 unspecified atom stereocenters. The summed E-state index contributed by atoms with van der Waals surface area (Å²) in [4.78, 5) is 14.5. The van der Waals surface area contributed by atoms with Crippen LogP contribution in [0.5, 0.6) is 0 Å². The smallest absolute Gasteiger partial charge is 0.127 e. The van der Waals surface area contributed by atoms with E-state index in [1.54, 1.807) is 35.7 Å². The third-order valence-electron chi connectivity index (χ3n) is 11.4. The highest BCUT2D eigenvalue weighted by Crippen LogP contribution is 2.47. The molecule has 0 saturated carbocycles. The van der Waals surface area contributed by atoms with Crippen LogP contribution in [-0.4, -0.2) is 0 Å². The summed E-state index contributed by atoms with van der Waals surface area (Å²) in [5, 5.41) is 1.57. The summed E-state index contributed by atoms with van der Waals surface area (Å²) < 4.78 is 32.4. The van der Waals surface area contributed by atoms with E-state index in [4.69, 9.17) is 9.98 Å². The van der Waals surface area contributed by atoms with E-state index in [1.165, 1.54) is 38.5 Å². The van der Waals surface area contributed by atoms with E-state index < -0.39 is 0 Å². The van der Waals surface area contributed by atoms with Gasteiger partial charge in [0.25, 0.3) is 0 Å². The number of hydrogen-bond acceptors (Lipinski definition) is 4. The number of benzene rings is 5. The molecule has 0 aromatic heterocycles. The maximum atomic E-state index is 16.2. The highest BCUT2D eigenvalue weighted by atomic mass is 32.2. The highest BCUT2D eigenvalue weighted by Gasteiger charge is 2.29. The molecule has 2 aliphatic rings. The molecule has 0 bridgehead atoms. The lowest BCUT2D eigenvalue weighted by molar-refractivity contribution is 0.434. The van der Waals surface area contributed by atoms with Crippen LogP contribution >= 0.6 is 23.5 Å². The van der Waals surface area contributed by atoms with Gasteiger partial charge in [0.15, 0.2) is 0 Å². The topological polar surface area (TPSA) is 24.7 Å². The fourth-order valence-corrected chi connectivity index (χ4v) is 10.3. The van der Waals surface area contributed by atoms with Crippen molar-refractivity contribution in [2.45, 2.75) is 125 Å². The monoisotopic (exact) mass is 786 g/mol. The van der Waals surface area contributed by atoms with E-state index >= 15 is 8.78 Å². The molecule has 0 spiro atoms. The summed E-state index contributed by atoms with van der Waals surface area (Å²) in [7, 11) is 0. The minimum Gasteiger partial charge on any atom is -0.246 e. The minimum atomic E-state index is -0.183. The third-order valence-corrected chi connectivity index (χ3v) is 13.8. The van der Waals surface area contributed by atoms with Crippen LogP contribution in [0.25, 0.3) is 22.3 Å². The summed E-state index contributed by atoms with van der Waals surface area (Å²) in [6, 6.07) is 27.8. The molecule has 0 aliphatic carbocycles. The Bertz CT molecular complexity index is 2150. The van der Waals surface area contributed by atoms with E-state index in [-0.39, 0.29) is 11.6 Å².